The number of rotatable bonds is 2. The van der Waals surface area contributed by atoms with Crippen LogP contribution >= 0.6 is 63.7 Å². The number of carbonyl (C=O) groups is 2. The Morgan fingerprint density at radius 3 is 1.12 bits per heavy atom. The van der Waals surface area contributed by atoms with Gasteiger partial charge >= 0.3 is 63.3 Å². The summed E-state index contributed by atoms with van der Waals surface area (Å²) in [6, 6.07) is 0. The van der Waals surface area contributed by atoms with Gasteiger partial charge in [0.1, 0.15) is 0 Å². The molecule has 2 N–H and O–H groups in total. The van der Waals surface area contributed by atoms with Crippen molar-refractivity contribution in [3.63, 3.8) is 0 Å². The number of hydrogen-bond acceptors (Lipinski definition) is 2. The van der Waals surface area contributed by atoms with Gasteiger partial charge in [0, 0.05) is 17.9 Å². The molecule has 0 aliphatic carbocycles. The topological polar surface area (TPSA) is 74.6 Å². The van der Waals surface area contributed by atoms with Gasteiger partial charge in [0.05, 0.1) is 11.1 Å². The molecule has 4 nitrogen and oxygen atoms in total. The summed E-state index contributed by atoms with van der Waals surface area (Å²) >= 11 is 12.4. The third-order valence-electron chi connectivity index (χ3n) is 1.69. The quantitative estimate of drug-likeness (QED) is 0.355. The van der Waals surface area contributed by atoms with Gasteiger partial charge in [-0.25, -0.2) is 9.59 Å². The van der Waals surface area contributed by atoms with Crippen LogP contribution in [-0.2, 0) is 0 Å². The van der Waals surface area contributed by atoms with Crippen molar-refractivity contribution in [1.29, 1.82) is 0 Å². The first kappa shape index (κ1) is 18.7. The van der Waals surface area contributed by atoms with Crippen LogP contribution in [0.25, 0.3) is 0 Å². The zero-order valence-corrected chi connectivity index (χ0v) is 13.6. The van der Waals surface area contributed by atoms with Crippen LogP contribution in [0.1, 0.15) is 20.7 Å². The average Bonchev–Trinajstić information content (AvgIpc) is 2.18. The molecule has 88 valence electrons. The van der Waals surface area contributed by atoms with E-state index in [1.807, 2.05) is 0 Å². The Morgan fingerprint density at radius 2 is 0.941 bits per heavy atom. The van der Waals surface area contributed by atoms with Crippen molar-refractivity contribution in [2.45, 2.75) is 0 Å². The Kier molecular flexibility index (Phi) is 8.24. The number of hydrogen-bond donors (Lipinski definition) is 2. The summed E-state index contributed by atoms with van der Waals surface area (Å²) in [4.78, 5) is 22.0. The molecule has 0 amide bonds. The van der Waals surface area contributed by atoms with Crippen LogP contribution in [0.4, 0.5) is 0 Å². The molecule has 0 saturated carbocycles. The van der Waals surface area contributed by atoms with Gasteiger partial charge in [-0.15, -0.1) is 0 Å². The fraction of sp³-hybridized carbons (Fsp3) is 0. The van der Waals surface area contributed by atoms with Gasteiger partial charge in [-0.3, -0.25) is 0 Å². The average molecular weight is 522 g/mol. The summed E-state index contributed by atoms with van der Waals surface area (Å²) in [5.41, 5.74) is -0.621. The van der Waals surface area contributed by atoms with E-state index >= 15 is 0 Å². The van der Waals surface area contributed by atoms with E-state index in [2.05, 4.69) is 63.7 Å². The molecule has 17 heavy (non-hydrogen) atoms. The zero-order valence-electron chi connectivity index (χ0n) is 7.22. The van der Waals surface area contributed by atoms with E-state index in [0.717, 1.165) is 0 Å². The molecule has 0 spiro atoms. The van der Waals surface area contributed by atoms with E-state index in [1.165, 1.54) is 0 Å². The van der Waals surface area contributed by atoms with Crippen LogP contribution in [0.3, 0.4) is 0 Å². The molecule has 0 unspecified atom stereocenters. The van der Waals surface area contributed by atoms with Crippen molar-refractivity contribution in [3.8, 4) is 0 Å². The Balaban J connectivity index is 0.00000256. The fourth-order valence-corrected chi connectivity index (χ4v) is 3.49. The molecule has 0 aliphatic rings. The van der Waals surface area contributed by atoms with Crippen LogP contribution < -0.4 is 0 Å². The predicted molar refractivity (Wildman–Crippen MR) is 78.3 cm³/mol. The summed E-state index contributed by atoms with van der Waals surface area (Å²) in [7, 11) is 0. The Labute approximate surface area is 172 Å². The normalized spacial score (nSPS) is 9.65. The summed E-state index contributed by atoms with van der Waals surface area (Å²) in [6.07, 6.45) is 0. The monoisotopic (exact) mass is 518 g/mol. The first-order chi connectivity index (χ1) is 7.29. The SMILES string of the molecule is O=C(O)c1c(Br)c(Br)c(Br)c(Br)c1C(=O)O.[KH]. The molecular weight excluding hydrogens is 519 g/mol. The predicted octanol–water partition coefficient (Wildman–Crippen LogP) is 3.48. The molecule has 0 bridgehead atoms. The van der Waals surface area contributed by atoms with Crippen LogP contribution in [0.15, 0.2) is 17.9 Å². The Hall–Kier alpha value is 1.72. The molecule has 9 heteroatoms. The third kappa shape index (κ3) is 3.85. The second-order valence-corrected chi connectivity index (χ2v) is 5.79. The van der Waals surface area contributed by atoms with Gasteiger partial charge in [-0.05, 0) is 63.7 Å². The van der Waals surface area contributed by atoms with Crippen molar-refractivity contribution in [2.75, 3.05) is 0 Å². The molecule has 0 aliphatic heterocycles. The molecule has 0 atom stereocenters. The molecule has 0 aromatic heterocycles. The Bertz CT molecular complexity index is 458. The van der Waals surface area contributed by atoms with Crippen LogP contribution in [0.2, 0.25) is 0 Å². The second kappa shape index (κ2) is 7.49. The molecule has 1 aromatic carbocycles. The van der Waals surface area contributed by atoms with E-state index in [9.17, 15) is 9.59 Å². The third-order valence-corrected chi connectivity index (χ3v) is 6.46. The van der Waals surface area contributed by atoms with Crippen LogP contribution in [0, 0.1) is 0 Å². The molecule has 0 fully saturated rings. The molecule has 1 rings (SSSR count). The number of aromatic carboxylic acids is 2. The van der Waals surface area contributed by atoms with Gasteiger partial charge < -0.3 is 10.2 Å². The fourth-order valence-electron chi connectivity index (χ4n) is 1.03. The maximum atomic E-state index is 11.0. The van der Waals surface area contributed by atoms with E-state index in [1.54, 1.807) is 0 Å². The van der Waals surface area contributed by atoms with Gasteiger partial charge in [0.25, 0.3) is 0 Å². The van der Waals surface area contributed by atoms with Crippen LogP contribution in [0.5, 0.6) is 0 Å². The van der Waals surface area contributed by atoms with E-state index < -0.39 is 11.9 Å². The van der Waals surface area contributed by atoms with E-state index in [-0.39, 0.29) is 71.5 Å². The van der Waals surface area contributed by atoms with Crippen molar-refractivity contribution in [2.24, 2.45) is 0 Å². The van der Waals surface area contributed by atoms with Crippen molar-refractivity contribution in [3.05, 3.63) is 29.0 Å². The summed E-state index contributed by atoms with van der Waals surface area (Å²) in [5.74, 6) is -2.64. The molecule has 0 heterocycles. The minimum absolute atomic E-state index is 0. The summed E-state index contributed by atoms with van der Waals surface area (Å²) < 4.78 is 1.21. The Morgan fingerprint density at radius 1 is 0.706 bits per heavy atom. The second-order valence-electron chi connectivity index (χ2n) is 2.62. The van der Waals surface area contributed by atoms with Crippen molar-refractivity contribution >= 4 is 127 Å². The van der Waals surface area contributed by atoms with E-state index in [4.69, 9.17) is 10.2 Å². The zero-order chi connectivity index (χ0) is 12.6. The van der Waals surface area contributed by atoms with Crippen molar-refractivity contribution in [1.82, 2.24) is 0 Å². The molecule has 0 radical (unpaired) electrons. The molecular formula is C8H3Br4KO4. The first-order valence-electron chi connectivity index (χ1n) is 3.61. The van der Waals surface area contributed by atoms with Crippen molar-refractivity contribution < 1.29 is 19.8 Å². The van der Waals surface area contributed by atoms with Crippen LogP contribution in [-0.4, -0.2) is 73.5 Å². The number of benzene rings is 1. The van der Waals surface area contributed by atoms with Gasteiger partial charge in [0.2, 0.25) is 0 Å². The van der Waals surface area contributed by atoms with Gasteiger partial charge in [-0.2, -0.15) is 0 Å². The van der Waals surface area contributed by atoms with Gasteiger partial charge in [0.15, 0.2) is 0 Å². The molecule has 0 saturated heterocycles. The number of carboxylic acid groups (broad SMARTS) is 2. The van der Waals surface area contributed by atoms with E-state index in [0.29, 0.717) is 8.95 Å². The minimum atomic E-state index is -1.32. The standard InChI is InChI=1S/C8H2Br4O4.K.H/c9-3-1(7(13)14)2(8(15)16)4(10)6(12)5(3)11;;/h(H,13,14)(H,15,16);;. The molecule has 1 aromatic rings. The first-order valence-corrected chi connectivity index (χ1v) is 6.78. The number of carboxylic acids is 2. The number of halogens is 4. The van der Waals surface area contributed by atoms with Gasteiger partial charge in [-0.1, -0.05) is 0 Å². The summed E-state index contributed by atoms with van der Waals surface area (Å²) in [6.45, 7) is 0. The maximum absolute atomic E-state index is 11.0. The summed E-state index contributed by atoms with van der Waals surface area (Å²) in [5, 5.41) is 18.0.